The summed E-state index contributed by atoms with van der Waals surface area (Å²) in [4.78, 5) is 0. The summed E-state index contributed by atoms with van der Waals surface area (Å²) in [5, 5.41) is 0. The summed E-state index contributed by atoms with van der Waals surface area (Å²) >= 11 is 3.45. The fourth-order valence-corrected chi connectivity index (χ4v) is 1.57. The van der Waals surface area contributed by atoms with Gasteiger partial charge in [0.1, 0.15) is 5.75 Å². The number of ether oxygens (including phenoxy) is 1. The van der Waals surface area contributed by atoms with Crippen molar-refractivity contribution in [1.82, 2.24) is 0 Å². The first-order valence-corrected chi connectivity index (χ1v) is 5.53. The third-order valence-electron chi connectivity index (χ3n) is 2.13. The Morgan fingerprint density at radius 3 is 2.86 bits per heavy atom. The Morgan fingerprint density at radius 1 is 1.57 bits per heavy atom. The summed E-state index contributed by atoms with van der Waals surface area (Å²) < 4.78 is 6.49. The van der Waals surface area contributed by atoms with Gasteiger partial charge in [-0.25, -0.2) is 0 Å². The van der Waals surface area contributed by atoms with Crippen molar-refractivity contribution in [3.63, 3.8) is 0 Å². The predicted octanol–water partition coefficient (Wildman–Crippen LogP) is 4.14. The van der Waals surface area contributed by atoms with Crippen LogP contribution in [0.1, 0.15) is 25.3 Å². The van der Waals surface area contributed by atoms with Crippen molar-refractivity contribution in [1.29, 1.82) is 0 Å². The molecule has 0 heterocycles. The van der Waals surface area contributed by atoms with E-state index >= 15 is 0 Å². The van der Waals surface area contributed by atoms with Crippen LogP contribution < -0.4 is 4.74 Å². The van der Waals surface area contributed by atoms with Crippen molar-refractivity contribution in [3.8, 4) is 5.75 Å². The zero-order chi connectivity index (χ0) is 10.6. The zero-order valence-electron chi connectivity index (χ0n) is 8.59. The Kier molecular flexibility index (Phi) is 4.21. The monoisotopic (exact) mass is 254 g/mol. The lowest BCUT2D eigenvalue weighted by Crippen LogP contribution is -1.95. The standard InChI is InChI=1S/C12H15BrO/c1-4-9(3)10-6-7-11(13)12(8-10)14-5-2/h4,6-9H,1,5H2,2-3H3. The van der Waals surface area contributed by atoms with Gasteiger partial charge in [0.05, 0.1) is 11.1 Å². The molecule has 0 bridgehead atoms. The van der Waals surface area contributed by atoms with E-state index in [-0.39, 0.29) is 0 Å². The molecule has 0 aliphatic rings. The van der Waals surface area contributed by atoms with Gasteiger partial charge in [0, 0.05) is 0 Å². The molecule has 1 aromatic carbocycles. The van der Waals surface area contributed by atoms with Gasteiger partial charge >= 0.3 is 0 Å². The quantitative estimate of drug-likeness (QED) is 0.735. The largest absolute Gasteiger partial charge is 0.493 e. The molecule has 0 aliphatic heterocycles. The normalized spacial score (nSPS) is 12.2. The number of hydrogen-bond donors (Lipinski definition) is 0. The first-order chi connectivity index (χ1) is 6.69. The van der Waals surface area contributed by atoms with E-state index in [9.17, 15) is 0 Å². The van der Waals surface area contributed by atoms with Gasteiger partial charge in [0.15, 0.2) is 0 Å². The van der Waals surface area contributed by atoms with E-state index in [1.165, 1.54) is 5.56 Å². The van der Waals surface area contributed by atoms with Crippen molar-refractivity contribution in [3.05, 3.63) is 40.9 Å². The SMILES string of the molecule is C=CC(C)c1ccc(Br)c(OCC)c1. The maximum atomic E-state index is 5.49. The lowest BCUT2D eigenvalue weighted by atomic mass is 10.0. The second-order valence-corrected chi connectivity index (χ2v) is 4.00. The van der Waals surface area contributed by atoms with Crippen LogP contribution in [0.5, 0.6) is 5.75 Å². The van der Waals surface area contributed by atoms with Crippen molar-refractivity contribution in [2.24, 2.45) is 0 Å². The maximum absolute atomic E-state index is 5.49. The molecule has 1 rings (SSSR count). The summed E-state index contributed by atoms with van der Waals surface area (Å²) in [5.74, 6) is 1.26. The Hall–Kier alpha value is -0.760. The molecule has 0 radical (unpaired) electrons. The number of hydrogen-bond acceptors (Lipinski definition) is 1. The molecule has 0 saturated heterocycles. The van der Waals surface area contributed by atoms with Gasteiger partial charge in [0.2, 0.25) is 0 Å². The summed E-state index contributed by atoms with van der Waals surface area (Å²) in [5.41, 5.74) is 1.23. The van der Waals surface area contributed by atoms with Gasteiger partial charge in [-0.05, 0) is 46.5 Å². The molecule has 76 valence electrons. The highest BCUT2D eigenvalue weighted by molar-refractivity contribution is 9.10. The van der Waals surface area contributed by atoms with E-state index < -0.39 is 0 Å². The van der Waals surface area contributed by atoms with E-state index in [1.54, 1.807) is 0 Å². The van der Waals surface area contributed by atoms with Crippen LogP contribution in [-0.4, -0.2) is 6.61 Å². The zero-order valence-corrected chi connectivity index (χ0v) is 10.2. The molecule has 2 heteroatoms. The summed E-state index contributed by atoms with van der Waals surface area (Å²) in [6, 6.07) is 6.15. The second kappa shape index (κ2) is 5.20. The molecule has 1 nitrogen and oxygen atoms in total. The highest BCUT2D eigenvalue weighted by atomic mass is 79.9. The lowest BCUT2D eigenvalue weighted by Gasteiger charge is -2.11. The number of halogens is 1. The first-order valence-electron chi connectivity index (χ1n) is 4.73. The third kappa shape index (κ3) is 2.61. The van der Waals surface area contributed by atoms with Crippen LogP contribution in [-0.2, 0) is 0 Å². The molecule has 0 aromatic heterocycles. The van der Waals surface area contributed by atoms with Crippen LogP contribution in [0.2, 0.25) is 0 Å². The average molecular weight is 255 g/mol. The van der Waals surface area contributed by atoms with Crippen molar-refractivity contribution in [2.45, 2.75) is 19.8 Å². The molecule has 1 aromatic rings. The summed E-state index contributed by atoms with van der Waals surface area (Å²) in [6.07, 6.45) is 1.93. The van der Waals surface area contributed by atoms with Crippen molar-refractivity contribution < 1.29 is 4.74 Å². The van der Waals surface area contributed by atoms with E-state index in [0.29, 0.717) is 12.5 Å². The van der Waals surface area contributed by atoms with Crippen LogP contribution in [0, 0.1) is 0 Å². The van der Waals surface area contributed by atoms with E-state index in [2.05, 4.69) is 41.6 Å². The molecule has 0 aliphatic carbocycles. The summed E-state index contributed by atoms with van der Waals surface area (Å²) in [7, 11) is 0. The molecular formula is C12H15BrO. The Morgan fingerprint density at radius 2 is 2.29 bits per heavy atom. The molecule has 0 N–H and O–H groups in total. The topological polar surface area (TPSA) is 9.23 Å². The fraction of sp³-hybridized carbons (Fsp3) is 0.333. The molecule has 0 saturated carbocycles. The Bertz CT molecular complexity index is 320. The minimum atomic E-state index is 0.363. The van der Waals surface area contributed by atoms with Gasteiger partial charge in [-0.2, -0.15) is 0 Å². The second-order valence-electron chi connectivity index (χ2n) is 3.15. The molecule has 14 heavy (non-hydrogen) atoms. The Labute approximate surface area is 93.9 Å². The third-order valence-corrected chi connectivity index (χ3v) is 2.79. The summed E-state index contributed by atoms with van der Waals surface area (Å²) in [6.45, 7) is 8.57. The van der Waals surface area contributed by atoms with Crippen LogP contribution in [0.25, 0.3) is 0 Å². The van der Waals surface area contributed by atoms with Gasteiger partial charge in [-0.3, -0.25) is 0 Å². The number of rotatable bonds is 4. The Balaban J connectivity index is 2.99. The molecule has 0 amide bonds. The predicted molar refractivity (Wildman–Crippen MR) is 63.9 cm³/mol. The van der Waals surface area contributed by atoms with Gasteiger partial charge < -0.3 is 4.74 Å². The minimum Gasteiger partial charge on any atom is -0.493 e. The van der Waals surface area contributed by atoms with Crippen LogP contribution >= 0.6 is 15.9 Å². The van der Waals surface area contributed by atoms with Gasteiger partial charge in [0.25, 0.3) is 0 Å². The molecule has 1 atom stereocenters. The lowest BCUT2D eigenvalue weighted by molar-refractivity contribution is 0.337. The first kappa shape index (κ1) is 11.3. The average Bonchev–Trinajstić information content (AvgIpc) is 2.20. The van der Waals surface area contributed by atoms with E-state index in [1.807, 2.05) is 19.1 Å². The van der Waals surface area contributed by atoms with E-state index in [0.717, 1.165) is 10.2 Å². The van der Waals surface area contributed by atoms with Crippen LogP contribution in [0.15, 0.2) is 35.3 Å². The highest BCUT2D eigenvalue weighted by Gasteiger charge is 2.05. The molecule has 0 fully saturated rings. The molecular weight excluding hydrogens is 240 g/mol. The van der Waals surface area contributed by atoms with Crippen LogP contribution in [0.4, 0.5) is 0 Å². The van der Waals surface area contributed by atoms with Crippen LogP contribution in [0.3, 0.4) is 0 Å². The number of allylic oxidation sites excluding steroid dienone is 1. The minimum absolute atomic E-state index is 0.363. The van der Waals surface area contributed by atoms with Crippen molar-refractivity contribution >= 4 is 15.9 Å². The van der Waals surface area contributed by atoms with E-state index in [4.69, 9.17) is 4.74 Å². The van der Waals surface area contributed by atoms with Gasteiger partial charge in [-0.1, -0.05) is 19.1 Å². The molecule has 0 spiro atoms. The maximum Gasteiger partial charge on any atom is 0.133 e. The fourth-order valence-electron chi connectivity index (χ4n) is 1.21. The van der Waals surface area contributed by atoms with Gasteiger partial charge in [-0.15, -0.1) is 6.58 Å². The highest BCUT2D eigenvalue weighted by Crippen LogP contribution is 2.29. The van der Waals surface area contributed by atoms with Crippen molar-refractivity contribution in [2.75, 3.05) is 6.61 Å². The molecule has 1 unspecified atom stereocenters. The number of benzene rings is 1. The smallest absolute Gasteiger partial charge is 0.133 e.